The van der Waals surface area contributed by atoms with Crippen LogP contribution in [0.4, 0.5) is 30.6 Å². The van der Waals surface area contributed by atoms with E-state index >= 15 is 0 Å². The second-order valence-corrected chi connectivity index (χ2v) is 24.2. The number of nitrogens with zero attached hydrogens (tertiary/aromatic N) is 4. The number of fused-ring (bicyclic) bond motifs is 1. The van der Waals surface area contributed by atoms with Crippen molar-refractivity contribution in [1.82, 2.24) is 36.4 Å². The molecule has 4 aliphatic rings. The second kappa shape index (κ2) is 30.0. The van der Waals surface area contributed by atoms with Crippen LogP contribution in [0, 0.1) is 20.2 Å². The lowest BCUT2D eigenvalue weighted by Crippen LogP contribution is -2.71. The van der Waals surface area contributed by atoms with Crippen molar-refractivity contribution in [2.45, 2.75) is 165 Å². The van der Waals surface area contributed by atoms with Crippen LogP contribution in [0.1, 0.15) is 99.6 Å². The summed E-state index contributed by atoms with van der Waals surface area (Å²) in [6.07, 6.45) is -16.0. The molecule has 0 radical (unpaired) electrons. The van der Waals surface area contributed by atoms with Crippen LogP contribution in [0.15, 0.2) is 84.6 Å². The summed E-state index contributed by atoms with van der Waals surface area (Å²) in [7, 11) is 1.25. The SMILES string of the molecule is CN(C(=O)OC(C)(C)C)[C@@H]1[C@@H](O)[C@@H](O[C@@H]2[C@@H](O)[C@H](O[C@H]3OC(CNCCCN4C(=O)c5ccccc5C4=O)=CC[C@H]3NC(=O)OCc3ccc([N+](=O)[O-])cc3)[C@@H](NC(=O)OCc3ccc([N+](=O)[O-])cc3)C[C@H]2NC(=O)[C@@H](O)CNC(=O)OC(C)(C)C)OC[C@]1(C)O. The molecule has 0 aromatic heterocycles. The first-order chi connectivity index (χ1) is 42.8. The number of alkyl carbamates (subject to hydrolysis) is 3. The van der Waals surface area contributed by atoms with Crippen LogP contribution < -0.4 is 26.6 Å². The van der Waals surface area contributed by atoms with Gasteiger partial charge in [0.05, 0.1) is 64.8 Å². The van der Waals surface area contributed by atoms with Gasteiger partial charge in [-0.1, -0.05) is 12.1 Å². The molecule has 7 rings (SSSR count). The molecule has 3 aromatic carbocycles. The number of hydrogen-bond donors (Lipinski definition) is 9. The van der Waals surface area contributed by atoms with Gasteiger partial charge in [0.1, 0.15) is 66.3 Å². The number of amides is 7. The maximum Gasteiger partial charge on any atom is 0.410 e. The molecule has 2 fully saturated rings. The third-order valence-electron chi connectivity index (χ3n) is 14.7. The van der Waals surface area contributed by atoms with Gasteiger partial charge in [-0.2, -0.15) is 0 Å². The number of hydrogen-bond acceptors (Lipinski definition) is 24. The van der Waals surface area contributed by atoms with Gasteiger partial charge < -0.3 is 89.8 Å². The van der Waals surface area contributed by atoms with Crippen molar-refractivity contribution in [1.29, 1.82) is 0 Å². The van der Waals surface area contributed by atoms with E-state index < -0.39 is 162 Å². The summed E-state index contributed by atoms with van der Waals surface area (Å²) >= 11 is 0. The van der Waals surface area contributed by atoms with Crippen LogP contribution >= 0.6 is 0 Å². The Bertz CT molecular complexity index is 3120. The Labute approximate surface area is 522 Å². The van der Waals surface area contributed by atoms with E-state index in [9.17, 15) is 74.2 Å². The highest BCUT2D eigenvalue weighted by Gasteiger charge is 2.55. The third kappa shape index (κ3) is 19.0. The maximum absolute atomic E-state index is 14.0. The number of non-ortho nitro benzene ring substituents is 2. The molecule has 12 atom stereocenters. The topological polar surface area (TPSA) is 427 Å². The van der Waals surface area contributed by atoms with Crippen molar-refractivity contribution in [3.8, 4) is 0 Å². The summed E-state index contributed by atoms with van der Waals surface area (Å²) in [4.78, 5) is 117. The van der Waals surface area contributed by atoms with Crippen LogP contribution in [0.2, 0.25) is 0 Å². The predicted octanol–water partition coefficient (Wildman–Crippen LogP) is 2.91. The van der Waals surface area contributed by atoms with Gasteiger partial charge in [-0.25, -0.2) is 19.2 Å². The van der Waals surface area contributed by atoms with E-state index in [-0.39, 0.29) is 60.9 Å². The number of carbonyl (C=O) groups is 7. The Hall–Kier alpha value is -8.63. The minimum absolute atomic E-state index is 0.0201. The number of aliphatic hydroxyl groups excluding tert-OH is 3. The number of nitro benzene ring substituents is 2. The molecule has 0 spiro atoms. The smallest absolute Gasteiger partial charge is 0.410 e. The first-order valence-corrected chi connectivity index (χ1v) is 29.1. The van der Waals surface area contributed by atoms with Crippen LogP contribution in [0.25, 0.3) is 0 Å². The number of nitrogens with one attached hydrogen (secondary N) is 5. The minimum atomic E-state index is -2.11. The van der Waals surface area contributed by atoms with E-state index in [4.69, 9.17) is 37.9 Å². The lowest BCUT2D eigenvalue weighted by atomic mass is 9.82. The van der Waals surface area contributed by atoms with Crippen LogP contribution in [-0.2, 0) is 55.9 Å². The fraction of sp³-hybridized carbons (Fsp3) is 0.542. The van der Waals surface area contributed by atoms with Gasteiger partial charge in [0.2, 0.25) is 6.29 Å². The van der Waals surface area contributed by atoms with Crippen LogP contribution in [-0.4, -0.2) is 206 Å². The maximum atomic E-state index is 14.0. The van der Waals surface area contributed by atoms with E-state index in [0.717, 1.165) is 9.80 Å². The van der Waals surface area contributed by atoms with E-state index in [1.165, 1.54) is 62.5 Å². The van der Waals surface area contributed by atoms with Gasteiger partial charge in [0.15, 0.2) is 6.29 Å². The lowest BCUT2D eigenvalue weighted by Gasteiger charge is -2.50. The Morgan fingerprint density at radius 3 is 1.79 bits per heavy atom. The largest absolute Gasteiger partial charge is 0.466 e. The number of aliphatic hydroxyl groups is 4. The summed E-state index contributed by atoms with van der Waals surface area (Å²) in [6.45, 7) is 8.98. The highest BCUT2D eigenvalue weighted by atomic mass is 16.7. The number of carbonyl (C=O) groups excluding carboxylic acids is 7. The number of rotatable bonds is 23. The number of imide groups is 1. The Morgan fingerprint density at radius 2 is 1.26 bits per heavy atom. The van der Waals surface area contributed by atoms with Crippen molar-refractivity contribution in [2.24, 2.45) is 0 Å². The van der Waals surface area contributed by atoms with Crippen LogP contribution in [0.5, 0.6) is 0 Å². The van der Waals surface area contributed by atoms with E-state index in [1.807, 2.05) is 0 Å². The number of ether oxygens (including phenoxy) is 8. The third-order valence-corrected chi connectivity index (χ3v) is 14.7. The van der Waals surface area contributed by atoms with Crippen molar-refractivity contribution in [3.05, 3.63) is 127 Å². The molecule has 91 heavy (non-hydrogen) atoms. The lowest BCUT2D eigenvalue weighted by molar-refractivity contribution is -0.385. The number of nitro groups is 2. The van der Waals surface area contributed by atoms with E-state index in [1.54, 1.807) is 71.9 Å². The van der Waals surface area contributed by atoms with Gasteiger partial charge in [0, 0.05) is 37.9 Å². The van der Waals surface area contributed by atoms with Crippen LogP contribution in [0.3, 0.4) is 0 Å². The second-order valence-electron chi connectivity index (χ2n) is 24.2. The zero-order valence-corrected chi connectivity index (χ0v) is 51.3. The molecule has 496 valence electrons. The van der Waals surface area contributed by atoms with Crippen molar-refractivity contribution >= 4 is 53.5 Å². The molecular formula is C59H77N9O23. The Morgan fingerprint density at radius 1 is 0.747 bits per heavy atom. The zero-order valence-electron chi connectivity index (χ0n) is 51.3. The fourth-order valence-electron chi connectivity index (χ4n) is 10.3. The molecular weight excluding hydrogens is 1200 g/mol. The standard InChI is InChI=1S/C59H77N9O23/c1-57(2,3)90-53(75)61-28-42(69)48(72)62-40-26-41(64-55(77)85-30-33-16-20-35(21-17-33)68(82)83)46(43(70)45(40)89-52-44(71)47(59(7,79)31-86-52)65(8)56(78)91-58(4,5)6)88-51-39(63-54(76)84-29-32-14-18-34(19-15-32)67(80)81)23-22-36(87-51)27-60-24-11-25-66-49(73)37-12-9-10-13-38(37)50(66)74/h9-10,12-22,39-47,51-52,60,69-71,79H,11,23-31H2,1-8H3,(H,61,75)(H,62,72)(H,63,76)(H,64,77)/t39-,40-,41+,42+,43-,44-,45+,46-,47-,51-,52-,59+/m1/s1. The highest BCUT2D eigenvalue weighted by Crippen LogP contribution is 2.35. The van der Waals surface area contributed by atoms with E-state index in [2.05, 4.69) is 26.6 Å². The van der Waals surface area contributed by atoms with Gasteiger partial charge in [-0.05, 0) is 128 Å². The molecule has 1 saturated heterocycles. The average molecular weight is 1280 g/mol. The number of likely N-dealkylation sites (N-methyl/N-ethyl adjacent to an activating group) is 1. The first-order valence-electron chi connectivity index (χ1n) is 29.1. The molecule has 32 heteroatoms. The summed E-state index contributed by atoms with van der Waals surface area (Å²) in [5, 5.41) is 83.7. The monoisotopic (exact) mass is 1280 g/mol. The quantitative estimate of drug-likeness (QED) is 0.0217. The average Bonchev–Trinajstić information content (AvgIpc) is 0.855. The molecule has 0 unspecified atom stereocenters. The molecule has 7 amide bonds. The predicted molar refractivity (Wildman–Crippen MR) is 314 cm³/mol. The molecule has 3 heterocycles. The molecule has 3 aromatic rings. The number of benzene rings is 3. The molecule has 32 nitrogen and oxygen atoms in total. The molecule has 1 saturated carbocycles. The van der Waals surface area contributed by atoms with Crippen molar-refractivity contribution < 1.29 is 102 Å². The Balaban J connectivity index is 1.20. The summed E-state index contributed by atoms with van der Waals surface area (Å²) < 4.78 is 47.1. The molecule has 9 N–H and O–H groups in total. The molecule has 0 bridgehead atoms. The zero-order chi connectivity index (χ0) is 66.7. The normalized spacial score (nSPS) is 25.1. The van der Waals surface area contributed by atoms with Gasteiger partial charge in [-0.3, -0.25) is 39.5 Å². The van der Waals surface area contributed by atoms with Crippen molar-refractivity contribution in [3.63, 3.8) is 0 Å². The summed E-state index contributed by atoms with van der Waals surface area (Å²) in [6, 6.07) is 10.9. The summed E-state index contributed by atoms with van der Waals surface area (Å²) in [5.41, 5.74) is -3.16. The minimum Gasteiger partial charge on any atom is -0.466 e. The van der Waals surface area contributed by atoms with Gasteiger partial charge >= 0.3 is 24.4 Å². The Kier molecular flexibility index (Phi) is 23.0. The van der Waals surface area contributed by atoms with E-state index in [0.29, 0.717) is 17.5 Å². The summed E-state index contributed by atoms with van der Waals surface area (Å²) in [5.74, 6) is -1.83. The first kappa shape index (κ1) is 69.8. The fourth-order valence-corrected chi connectivity index (χ4v) is 10.3. The van der Waals surface area contributed by atoms with Gasteiger partial charge in [0.25, 0.3) is 29.1 Å². The van der Waals surface area contributed by atoms with Gasteiger partial charge in [-0.15, -0.1) is 0 Å². The highest BCUT2D eigenvalue weighted by molar-refractivity contribution is 6.21. The van der Waals surface area contributed by atoms with Crippen molar-refractivity contribution in [2.75, 3.05) is 39.8 Å². The molecule has 1 aliphatic carbocycles. The molecule has 3 aliphatic heterocycles.